The van der Waals surface area contributed by atoms with Gasteiger partial charge in [-0.25, -0.2) is 0 Å². The minimum Gasteiger partial charge on any atom is -0.357 e. The molecule has 0 amide bonds. The number of nitrogens with one attached hydrogen (secondary N) is 1. The fourth-order valence-electron chi connectivity index (χ4n) is 0.777. The highest BCUT2D eigenvalue weighted by Crippen LogP contribution is 2.11. The third-order valence-corrected chi connectivity index (χ3v) is 1.20. The largest absolute Gasteiger partial charge is 0.357 e. The van der Waals surface area contributed by atoms with Crippen LogP contribution in [-0.2, 0) is 0 Å². The van der Waals surface area contributed by atoms with Gasteiger partial charge in [-0.05, 0) is 0 Å². The first kappa shape index (κ1) is 4.49. The van der Waals surface area contributed by atoms with Crippen molar-refractivity contribution < 1.29 is 0 Å². The van der Waals surface area contributed by atoms with Gasteiger partial charge in [0, 0.05) is 12.4 Å². The number of nitrogens with zero attached hydrogens (tertiary/aromatic N) is 2. The van der Waals surface area contributed by atoms with Crippen molar-refractivity contribution in [3.8, 4) is 11.4 Å². The lowest BCUT2D eigenvalue weighted by molar-refractivity contribution is 1.21. The number of aromatic amines is 1. The van der Waals surface area contributed by atoms with Crippen LogP contribution in [0.5, 0.6) is 0 Å². The lowest BCUT2D eigenvalue weighted by Crippen LogP contribution is -1.81. The van der Waals surface area contributed by atoms with Crippen molar-refractivity contribution >= 4 is 0 Å². The molecule has 2 rings (SSSR count). The SMILES string of the molecule is c1c[nH]c2cncc-2n1. The normalized spacial score (nSPS) is 10.2. The number of aromatic nitrogens is 3. The van der Waals surface area contributed by atoms with E-state index in [2.05, 4.69) is 15.0 Å². The Labute approximate surface area is 52.1 Å². The summed E-state index contributed by atoms with van der Waals surface area (Å²) in [5.74, 6) is 0. The van der Waals surface area contributed by atoms with E-state index in [0.29, 0.717) is 0 Å². The number of hydrogen-bond donors (Lipinski definition) is 1. The van der Waals surface area contributed by atoms with Crippen LogP contribution in [0.1, 0.15) is 0 Å². The molecule has 0 aromatic rings. The first-order valence-corrected chi connectivity index (χ1v) is 2.70. The molecule has 0 atom stereocenters. The number of rotatable bonds is 0. The molecule has 0 bridgehead atoms. The molecule has 0 radical (unpaired) electrons. The van der Waals surface area contributed by atoms with Crippen LogP contribution < -0.4 is 0 Å². The Morgan fingerprint density at radius 3 is 3.22 bits per heavy atom. The zero-order valence-electron chi connectivity index (χ0n) is 4.70. The van der Waals surface area contributed by atoms with E-state index in [-0.39, 0.29) is 0 Å². The molecule has 0 fully saturated rings. The van der Waals surface area contributed by atoms with Crippen molar-refractivity contribution in [2.24, 2.45) is 0 Å². The van der Waals surface area contributed by atoms with E-state index in [1.807, 2.05) is 0 Å². The van der Waals surface area contributed by atoms with Crippen LogP contribution in [0.25, 0.3) is 11.4 Å². The second kappa shape index (κ2) is 1.55. The van der Waals surface area contributed by atoms with Gasteiger partial charge in [0.15, 0.2) is 0 Å². The van der Waals surface area contributed by atoms with Crippen molar-refractivity contribution in [1.82, 2.24) is 15.0 Å². The summed E-state index contributed by atoms with van der Waals surface area (Å²) in [4.78, 5) is 11.0. The monoisotopic (exact) mass is 119 g/mol. The minimum absolute atomic E-state index is 0.914. The van der Waals surface area contributed by atoms with Crippen molar-refractivity contribution in [3.05, 3.63) is 24.8 Å². The molecule has 44 valence electrons. The van der Waals surface area contributed by atoms with Crippen LogP contribution in [0, 0.1) is 0 Å². The van der Waals surface area contributed by atoms with Gasteiger partial charge in [-0.15, -0.1) is 0 Å². The first-order chi connectivity index (χ1) is 4.47. The second-order valence-corrected chi connectivity index (χ2v) is 1.80. The molecule has 0 unspecified atom stereocenters. The number of fused-ring (bicyclic) bond motifs is 1. The summed E-state index contributed by atoms with van der Waals surface area (Å²) >= 11 is 0. The van der Waals surface area contributed by atoms with Crippen LogP contribution in [0.15, 0.2) is 24.8 Å². The Hall–Kier alpha value is -1.38. The Kier molecular flexibility index (Phi) is 0.773. The molecule has 0 aliphatic carbocycles. The van der Waals surface area contributed by atoms with E-state index < -0.39 is 0 Å². The van der Waals surface area contributed by atoms with Gasteiger partial charge in [0.25, 0.3) is 0 Å². The van der Waals surface area contributed by atoms with E-state index in [1.54, 1.807) is 24.8 Å². The lowest BCUT2D eigenvalue weighted by atomic mass is 10.4. The van der Waals surface area contributed by atoms with Gasteiger partial charge in [0.1, 0.15) is 5.69 Å². The molecule has 2 aliphatic heterocycles. The van der Waals surface area contributed by atoms with Crippen LogP contribution in [0.3, 0.4) is 0 Å². The lowest BCUT2D eigenvalue weighted by Gasteiger charge is -1.91. The third-order valence-electron chi connectivity index (χ3n) is 1.20. The van der Waals surface area contributed by atoms with Crippen molar-refractivity contribution in [2.45, 2.75) is 0 Å². The Bertz CT molecular complexity index is 248. The van der Waals surface area contributed by atoms with Crippen molar-refractivity contribution in [3.63, 3.8) is 0 Å². The van der Waals surface area contributed by atoms with Gasteiger partial charge in [-0.2, -0.15) is 0 Å². The summed E-state index contributed by atoms with van der Waals surface area (Å²) in [5, 5.41) is 0. The molecular weight excluding hydrogens is 114 g/mol. The molecule has 3 heteroatoms. The molecule has 0 saturated carbocycles. The maximum absolute atomic E-state index is 4.05. The maximum Gasteiger partial charge on any atom is 0.106 e. The van der Waals surface area contributed by atoms with Gasteiger partial charge in [-0.1, -0.05) is 0 Å². The Morgan fingerprint density at radius 1 is 1.33 bits per heavy atom. The molecule has 0 aromatic heterocycles. The van der Waals surface area contributed by atoms with Crippen LogP contribution in [0.4, 0.5) is 0 Å². The van der Waals surface area contributed by atoms with E-state index in [1.165, 1.54) is 0 Å². The summed E-state index contributed by atoms with van der Waals surface area (Å²) in [6.45, 7) is 0. The average molecular weight is 119 g/mol. The predicted octanol–water partition coefficient (Wildman–Crippen LogP) is 0.909. The molecule has 0 saturated heterocycles. The average Bonchev–Trinajstić information content (AvgIpc) is 2.33. The van der Waals surface area contributed by atoms with Gasteiger partial charge in [0.2, 0.25) is 0 Å². The summed E-state index contributed by atoms with van der Waals surface area (Å²) < 4.78 is 0. The minimum atomic E-state index is 0.914. The van der Waals surface area contributed by atoms with Crippen LogP contribution >= 0.6 is 0 Å². The van der Waals surface area contributed by atoms with Gasteiger partial charge >= 0.3 is 0 Å². The van der Waals surface area contributed by atoms with Crippen molar-refractivity contribution in [2.75, 3.05) is 0 Å². The van der Waals surface area contributed by atoms with E-state index in [9.17, 15) is 0 Å². The highest BCUT2D eigenvalue weighted by molar-refractivity contribution is 5.52. The molecular formula is C6H5N3. The van der Waals surface area contributed by atoms with E-state index in [0.717, 1.165) is 11.4 Å². The van der Waals surface area contributed by atoms with Crippen LogP contribution in [0.2, 0.25) is 0 Å². The topological polar surface area (TPSA) is 41.6 Å². The molecule has 1 N–H and O–H groups in total. The third kappa shape index (κ3) is 0.579. The smallest absolute Gasteiger partial charge is 0.106 e. The highest BCUT2D eigenvalue weighted by Gasteiger charge is 1.99. The van der Waals surface area contributed by atoms with Gasteiger partial charge in [0.05, 0.1) is 18.1 Å². The summed E-state index contributed by atoms with van der Waals surface area (Å²) in [7, 11) is 0. The first-order valence-electron chi connectivity index (χ1n) is 2.70. The molecule has 0 spiro atoms. The Balaban J connectivity index is 2.79. The van der Waals surface area contributed by atoms with E-state index in [4.69, 9.17) is 0 Å². The van der Waals surface area contributed by atoms with E-state index >= 15 is 0 Å². The highest BCUT2D eigenvalue weighted by atomic mass is 14.9. The fourth-order valence-corrected chi connectivity index (χ4v) is 0.777. The van der Waals surface area contributed by atoms with Gasteiger partial charge in [-0.3, -0.25) is 9.97 Å². The predicted molar refractivity (Wildman–Crippen MR) is 33.0 cm³/mol. The molecule has 3 nitrogen and oxygen atoms in total. The molecule has 2 aliphatic rings. The molecule has 0 aromatic carbocycles. The zero-order valence-corrected chi connectivity index (χ0v) is 4.70. The fraction of sp³-hybridized carbons (Fsp3) is 0. The quantitative estimate of drug-likeness (QED) is 0.560. The number of H-pyrrole nitrogens is 1. The zero-order chi connectivity index (χ0) is 6.10. The standard InChI is InChI=1S/C6H5N3/c1-2-9-6-4-7-3-5(6)8-1/h1-4,8H. The van der Waals surface area contributed by atoms with Gasteiger partial charge < -0.3 is 4.98 Å². The second-order valence-electron chi connectivity index (χ2n) is 1.80. The summed E-state index contributed by atoms with van der Waals surface area (Å²) in [6, 6.07) is 0. The summed E-state index contributed by atoms with van der Waals surface area (Å²) in [6.07, 6.45) is 6.97. The number of hydrogen-bond acceptors (Lipinski definition) is 2. The maximum atomic E-state index is 4.05. The molecule has 9 heavy (non-hydrogen) atoms. The summed E-state index contributed by atoms with van der Waals surface area (Å²) in [5.41, 5.74) is 1.90. The van der Waals surface area contributed by atoms with Crippen molar-refractivity contribution in [1.29, 1.82) is 0 Å². The Morgan fingerprint density at radius 2 is 2.33 bits per heavy atom. The molecule has 2 heterocycles. The van der Waals surface area contributed by atoms with Crippen LogP contribution in [-0.4, -0.2) is 15.0 Å².